The number of nitrogens with one attached hydrogen (secondary N) is 2. The molecule has 0 spiro atoms. The number of aromatic nitrogens is 4. The zero-order valence-corrected chi connectivity index (χ0v) is 21.8. The highest BCUT2D eigenvalue weighted by Crippen LogP contribution is 2.35. The van der Waals surface area contributed by atoms with Crippen LogP contribution in [0.25, 0.3) is 22.5 Å². The molecular formula is C27H19ClF2N6O2S. The van der Waals surface area contributed by atoms with Crippen LogP contribution in [-0.4, -0.2) is 28.4 Å². The highest BCUT2D eigenvalue weighted by atomic mass is 35.5. The fourth-order valence-corrected chi connectivity index (χ4v) is 5.30. The van der Waals surface area contributed by atoms with Crippen molar-refractivity contribution in [1.29, 1.82) is 0 Å². The molecule has 39 heavy (non-hydrogen) atoms. The third kappa shape index (κ3) is 5.69. The SMILES string of the molecule is Cc1c(-c2ccnc(Nc3ccnc(-c4ccccc4)n3)c2)cnc(Cl)c1NS(=O)(=O)c1ccc(F)cc1F. The number of nitrogens with zero attached hydrogens (tertiary/aromatic N) is 4. The quantitative estimate of drug-likeness (QED) is 0.221. The molecule has 0 fully saturated rings. The Labute approximate surface area is 227 Å². The van der Waals surface area contributed by atoms with E-state index in [1.165, 1.54) is 6.20 Å². The van der Waals surface area contributed by atoms with Gasteiger partial charge in [0.15, 0.2) is 11.0 Å². The molecule has 196 valence electrons. The number of anilines is 3. The molecule has 5 aromatic rings. The Balaban J connectivity index is 1.45. The van der Waals surface area contributed by atoms with Crippen LogP contribution in [0.15, 0.2) is 90.2 Å². The van der Waals surface area contributed by atoms with Crippen molar-refractivity contribution in [2.75, 3.05) is 10.0 Å². The first kappa shape index (κ1) is 26.1. The van der Waals surface area contributed by atoms with Crippen molar-refractivity contribution in [2.24, 2.45) is 0 Å². The van der Waals surface area contributed by atoms with E-state index in [-0.39, 0.29) is 10.8 Å². The first-order valence-electron chi connectivity index (χ1n) is 11.5. The van der Waals surface area contributed by atoms with Gasteiger partial charge in [-0.3, -0.25) is 4.72 Å². The van der Waals surface area contributed by atoms with Crippen molar-refractivity contribution in [3.05, 3.63) is 108 Å². The zero-order valence-electron chi connectivity index (χ0n) is 20.2. The molecule has 0 unspecified atom stereocenters. The topological polar surface area (TPSA) is 110 Å². The predicted molar refractivity (Wildman–Crippen MR) is 145 cm³/mol. The van der Waals surface area contributed by atoms with Crippen LogP contribution in [0.2, 0.25) is 5.15 Å². The molecule has 12 heteroatoms. The first-order valence-corrected chi connectivity index (χ1v) is 13.3. The third-order valence-corrected chi connectivity index (χ3v) is 7.40. The summed E-state index contributed by atoms with van der Waals surface area (Å²) in [6, 6.07) is 16.9. The fourth-order valence-electron chi connectivity index (χ4n) is 3.82. The molecule has 0 saturated heterocycles. The molecule has 3 aromatic heterocycles. The van der Waals surface area contributed by atoms with Crippen LogP contribution in [0.5, 0.6) is 0 Å². The molecule has 0 aliphatic heterocycles. The van der Waals surface area contributed by atoms with Crippen LogP contribution in [0.3, 0.4) is 0 Å². The minimum absolute atomic E-state index is 0.0347. The van der Waals surface area contributed by atoms with Gasteiger partial charge in [0.25, 0.3) is 10.0 Å². The van der Waals surface area contributed by atoms with Crippen molar-refractivity contribution >= 4 is 38.9 Å². The van der Waals surface area contributed by atoms with Crippen LogP contribution in [0, 0.1) is 18.6 Å². The number of halogens is 3. The van der Waals surface area contributed by atoms with Gasteiger partial charge in [0, 0.05) is 35.8 Å². The van der Waals surface area contributed by atoms with Crippen molar-refractivity contribution in [1.82, 2.24) is 19.9 Å². The molecule has 0 atom stereocenters. The summed E-state index contributed by atoms with van der Waals surface area (Å²) in [5, 5.41) is 3.01. The Kier molecular flexibility index (Phi) is 7.18. The lowest BCUT2D eigenvalue weighted by molar-refractivity contribution is 0.551. The molecule has 0 amide bonds. The number of rotatable bonds is 7. The highest BCUT2D eigenvalue weighted by molar-refractivity contribution is 7.92. The van der Waals surface area contributed by atoms with E-state index in [0.717, 1.165) is 17.7 Å². The van der Waals surface area contributed by atoms with Crippen molar-refractivity contribution in [2.45, 2.75) is 11.8 Å². The number of hydrogen-bond acceptors (Lipinski definition) is 7. The summed E-state index contributed by atoms with van der Waals surface area (Å²) < 4.78 is 55.6. The zero-order chi connectivity index (χ0) is 27.6. The van der Waals surface area contributed by atoms with E-state index in [2.05, 4.69) is 30.0 Å². The normalized spacial score (nSPS) is 11.3. The van der Waals surface area contributed by atoms with E-state index in [1.807, 2.05) is 30.3 Å². The number of benzene rings is 2. The van der Waals surface area contributed by atoms with Gasteiger partial charge in [0.05, 0.1) is 5.69 Å². The Hall–Kier alpha value is -4.48. The maximum atomic E-state index is 14.2. The minimum Gasteiger partial charge on any atom is -0.325 e. The van der Waals surface area contributed by atoms with Gasteiger partial charge in [-0.2, -0.15) is 0 Å². The summed E-state index contributed by atoms with van der Waals surface area (Å²) in [5.41, 5.74) is 2.47. The summed E-state index contributed by atoms with van der Waals surface area (Å²) in [6.07, 6.45) is 4.70. The summed E-state index contributed by atoms with van der Waals surface area (Å²) in [6.45, 7) is 1.64. The third-order valence-electron chi connectivity index (χ3n) is 5.73. The average molecular weight is 565 g/mol. The molecule has 5 rings (SSSR count). The number of pyridine rings is 2. The lowest BCUT2D eigenvalue weighted by Crippen LogP contribution is -2.16. The van der Waals surface area contributed by atoms with E-state index in [1.54, 1.807) is 37.5 Å². The predicted octanol–water partition coefficient (Wildman–Crippen LogP) is 6.39. The van der Waals surface area contributed by atoms with Crippen LogP contribution >= 0.6 is 11.6 Å². The van der Waals surface area contributed by atoms with Crippen molar-refractivity contribution in [3.63, 3.8) is 0 Å². The molecule has 8 nitrogen and oxygen atoms in total. The molecule has 2 aromatic carbocycles. The molecular weight excluding hydrogens is 546 g/mol. The fraction of sp³-hybridized carbons (Fsp3) is 0.0370. The van der Waals surface area contributed by atoms with Crippen LogP contribution in [-0.2, 0) is 10.0 Å². The molecule has 0 radical (unpaired) electrons. The van der Waals surface area contributed by atoms with Crippen LogP contribution < -0.4 is 10.0 Å². The molecule has 0 aliphatic rings. The molecule has 3 heterocycles. The molecule has 0 bridgehead atoms. The van der Waals surface area contributed by atoms with Gasteiger partial charge in [0.2, 0.25) is 0 Å². The van der Waals surface area contributed by atoms with E-state index in [9.17, 15) is 17.2 Å². The lowest BCUT2D eigenvalue weighted by atomic mass is 10.0. The van der Waals surface area contributed by atoms with Crippen molar-refractivity contribution < 1.29 is 17.2 Å². The van der Waals surface area contributed by atoms with Gasteiger partial charge in [-0.25, -0.2) is 37.1 Å². The van der Waals surface area contributed by atoms with Crippen LogP contribution in [0.4, 0.5) is 26.1 Å². The Morgan fingerprint density at radius 3 is 2.38 bits per heavy atom. The van der Waals surface area contributed by atoms with E-state index < -0.39 is 26.6 Å². The van der Waals surface area contributed by atoms with E-state index in [4.69, 9.17) is 11.6 Å². The maximum absolute atomic E-state index is 14.2. The second kappa shape index (κ2) is 10.7. The van der Waals surface area contributed by atoms with Gasteiger partial charge in [-0.05, 0) is 48.4 Å². The lowest BCUT2D eigenvalue weighted by Gasteiger charge is -2.16. The van der Waals surface area contributed by atoms with Gasteiger partial charge < -0.3 is 5.32 Å². The number of hydrogen-bond donors (Lipinski definition) is 2. The molecule has 0 aliphatic carbocycles. The average Bonchev–Trinajstić information content (AvgIpc) is 2.92. The maximum Gasteiger partial charge on any atom is 0.264 e. The van der Waals surface area contributed by atoms with Gasteiger partial charge in [0.1, 0.15) is 28.2 Å². The summed E-state index contributed by atoms with van der Waals surface area (Å²) in [7, 11) is -4.44. The molecule has 0 saturated carbocycles. The monoisotopic (exact) mass is 564 g/mol. The van der Waals surface area contributed by atoms with E-state index in [0.29, 0.717) is 40.2 Å². The minimum atomic E-state index is -4.44. The number of sulfonamides is 1. The first-order chi connectivity index (χ1) is 18.7. The standard InChI is InChI=1S/C27H19ClF2N6O2S/c1-16-20(15-33-26(28)25(16)36-39(37,38)22-8-7-19(29)14-21(22)30)18-9-11-31-24(13-18)34-23-10-12-32-27(35-23)17-5-3-2-4-6-17/h2-15,36H,1H3,(H,31,32,34,35). The van der Waals surface area contributed by atoms with Gasteiger partial charge in [-0.1, -0.05) is 41.9 Å². The van der Waals surface area contributed by atoms with E-state index >= 15 is 0 Å². The van der Waals surface area contributed by atoms with Gasteiger partial charge in [-0.15, -0.1) is 0 Å². The smallest absolute Gasteiger partial charge is 0.264 e. The summed E-state index contributed by atoms with van der Waals surface area (Å²) in [4.78, 5) is 16.6. The largest absolute Gasteiger partial charge is 0.325 e. The second-order valence-electron chi connectivity index (χ2n) is 8.33. The van der Waals surface area contributed by atoms with Gasteiger partial charge >= 0.3 is 0 Å². The second-order valence-corrected chi connectivity index (χ2v) is 10.3. The van der Waals surface area contributed by atoms with Crippen LogP contribution in [0.1, 0.15) is 5.56 Å². The highest BCUT2D eigenvalue weighted by Gasteiger charge is 2.23. The molecule has 2 N–H and O–H groups in total. The van der Waals surface area contributed by atoms with Crippen molar-refractivity contribution in [3.8, 4) is 22.5 Å². The Bertz CT molecular complexity index is 1790. The Morgan fingerprint density at radius 2 is 1.62 bits per heavy atom. The summed E-state index contributed by atoms with van der Waals surface area (Å²) in [5.74, 6) is -0.594. The Morgan fingerprint density at radius 1 is 0.846 bits per heavy atom. The summed E-state index contributed by atoms with van der Waals surface area (Å²) >= 11 is 6.22.